The van der Waals surface area contributed by atoms with Gasteiger partial charge in [0, 0.05) is 0 Å². The highest BCUT2D eigenvalue weighted by molar-refractivity contribution is 5.21. The SMILES string of the molecule is CC(C)=CCC[C@@](C)(O)[C@H]1CC[C@]2(C)[C@@H]1[C@H](O)C[C@@H]1[C@@]3(C)CC[C@H](O)C(C)(C)[C@@H]3[C@@H](O)C[C@]12C. The van der Waals surface area contributed by atoms with E-state index in [1.807, 2.05) is 6.92 Å². The molecule has 0 aromatic rings. The van der Waals surface area contributed by atoms with E-state index in [1.165, 1.54) is 5.57 Å². The van der Waals surface area contributed by atoms with Crippen LogP contribution in [0.1, 0.15) is 107 Å². The highest BCUT2D eigenvalue weighted by atomic mass is 16.3. The normalized spacial score (nSPS) is 51.6. The molecule has 4 fully saturated rings. The van der Waals surface area contributed by atoms with Crippen molar-refractivity contribution in [3.8, 4) is 0 Å². The van der Waals surface area contributed by atoms with E-state index >= 15 is 0 Å². The fourth-order valence-corrected chi connectivity index (χ4v) is 10.5. The zero-order chi connectivity index (χ0) is 25.5. The molecule has 0 radical (unpaired) electrons. The molecule has 0 amide bonds. The summed E-state index contributed by atoms with van der Waals surface area (Å²) >= 11 is 0. The molecule has 34 heavy (non-hydrogen) atoms. The van der Waals surface area contributed by atoms with Crippen molar-refractivity contribution in [3.63, 3.8) is 0 Å². The van der Waals surface area contributed by atoms with E-state index in [0.29, 0.717) is 5.92 Å². The first-order valence-corrected chi connectivity index (χ1v) is 13.9. The van der Waals surface area contributed by atoms with Gasteiger partial charge in [0.1, 0.15) is 0 Å². The van der Waals surface area contributed by atoms with E-state index in [2.05, 4.69) is 54.5 Å². The first kappa shape index (κ1) is 26.6. The molecule has 11 atom stereocenters. The Balaban J connectivity index is 1.70. The highest BCUT2D eigenvalue weighted by Gasteiger charge is 2.72. The number of aliphatic hydroxyl groups excluding tert-OH is 3. The maximum atomic E-state index is 11.8. The van der Waals surface area contributed by atoms with Gasteiger partial charge in [-0.05, 0) is 117 Å². The van der Waals surface area contributed by atoms with E-state index in [-0.39, 0.29) is 39.4 Å². The van der Waals surface area contributed by atoms with E-state index in [1.54, 1.807) is 0 Å². The molecule has 4 aliphatic carbocycles. The van der Waals surface area contributed by atoms with E-state index in [4.69, 9.17) is 0 Å². The van der Waals surface area contributed by atoms with Gasteiger partial charge in [-0.2, -0.15) is 0 Å². The molecule has 0 spiro atoms. The van der Waals surface area contributed by atoms with Crippen LogP contribution in [-0.4, -0.2) is 44.3 Å². The van der Waals surface area contributed by atoms with Crippen LogP contribution in [0.5, 0.6) is 0 Å². The molecule has 4 rings (SSSR count). The Morgan fingerprint density at radius 3 is 2.21 bits per heavy atom. The Labute approximate surface area is 208 Å². The third-order valence-electron chi connectivity index (χ3n) is 12.3. The Morgan fingerprint density at radius 1 is 0.941 bits per heavy atom. The lowest BCUT2D eigenvalue weighted by Crippen LogP contribution is -2.69. The lowest BCUT2D eigenvalue weighted by atomic mass is 9.34. The summed E-state index contributed by atoms with van der Waals surface area (Å²) in [6, 6.07) is 0. The van der Waals surface area contributed by atoms with Crippen molar-refractivity contribution in [2.24, 2.45) is 45.3 Å². The van der Waals surface area contributed by atoms with Crippen molar-refractivity contribution in [1.82, 2.24) is 0 Å². The van der Waals surface area contributed by atoms with Gasteiger partial charge in [-0.3, -0.25) is 0 Å². The average Bonchev–Trinajstić information content (AvgIpc) is 3.07. The second kappa shape index (κ2) is 8.30. The Bertz CT molecular complexity index is 813. The highest BCUT2D eigenvalue weighted by Crippen LogP contribution is 2.75. The summed E-state index contributed by atoms with van der Waals surface area (Å²) in [5, 5.41) is 46.0. The molecule has 0 bridgehead atoms. The second-order valence-electron chi connectivity index (χ2n) is 14.7. The summed E-state index contributed by atoms with van der Waals surface area (Å²) < 4.78 is 0. The largest absolute Gasteiger partial charge is 0.393 e. The van der Waals surface area contributed by atoms with E-state index in [9.17, 15) is 20.4 Å². The van der Waals surface area contributed by atoms with Crippen LogP contribution in [0, 0.1) is 45.3 Å². The third-order valence-corrected chi connectivity index (χ3v) is 12.3. The number of allylic oxidation sites excluding steroid dienone is 2. The minimum atomic E-state index is -0.810. The molecule has 0 aromatic carbocycles. The first-order chi connectivity index (χ1) is 15.5. The van der Waals surface area contributed by atoms with Crippen LogP contribution < -0.4 is 0 Å². The molecular formula is C30H52O4. The molecule has 4 aliphatic rings. The average molecular weight is 477 g/mol. The fourth-order valence-electron chi connectivity index (χ4n) is 10.5. The summed E-state index contributed by atoms with van der Waals surface area (Å²) in [6.07, 6.45) is 7.54. The molecular weight excluding hydrogens is 424 g/mol. The summed E-state index contributed by atoms with van der Waals surface area (Å²) in [6.45, 7) is 17.5. The van der Waals surface area contributed by atoms with E-state index < -0.39 is 23.9 Å². The molecule has 4 saturated carbocycles. The van der Waals surface area contributed by atoms with Crippen molar-refractivity contribution >= 4 is 0 Å². The minimum absolute atomic E-state index is 0.0264. The smallest absolute Gasteiger partial charge is 0.0654 e. The number of fused-ring (bicyclic) bond motifs is 5. The molecule has 4 nitrogen and oxygen atoms in total. The van der Waals surface area contributed by atoms with Crippen molar-refractivity contribution < 1.29 is 20.4 Å². The molecule has 0 saturated heterocycles. The van der Waals surface area contributed by atoms with Gasteiger partial charge in [-0.15, -0.1) is 0 Å². The Hall–Kier alpha value is -0.420. The van der Waals surface area contributed by atoms with Crippen LogP contribution >= 0.6 is 0 Å². The summed E-state index contributed by atoms with van der Waals surface area (Å²) in [4.78, 5) is 0. The van der Waals surface area contributed by atoms with Gasteiger partial charge in [0.05, 0.1) is 23.9 Å². The number of aliphatic hydroxyl groups is 4. The van der Waals surface area contributed by atoms with Crippen molar-refractivity contribution in [2.45, 2.75) is 131 Å². The second-order valence-corrected chi connectivity index (χ2v) is 14.7. The van der Waals surface area contributed by atoms with Crippen LogP contribution in [0.4, 0.5) is 0 Å². The van der Waals surface area contributed by atoms with Crippen LogP contribution in [0.15, 0.2) is 11.6 Å². The maximum absolute atomic E-state index is 11.8. The predicted molar refractivity (Wildman–Crippen MR) is 137 cm³/mol. The van der Waals surface area contributed by atoms with Crippen LogP contribution in [0.2, 0.25) is 0 Å². The minimum Gasteiger partial charge on any atom is -0.393 e. The monoisotopic (exact) mass is 476 g/mol. The third kappa shape index (κ3) is 3.60. The van der Waals surface area contributed by atoms with Gasteiger partial charge < -0.3 is 20.4 Å². The predicted octanol–water partition coefficient (Wildman–Crippen LogP) is 5.47. The number of rotatable bonds is 4. The molecule has 0 aliphatic heterocycles. The first-order valence-electron chi connectivity index (χ1n) is 13.9. The summed E-state index contributed by atoms with van der Waals surface area (Å²) in [5.41, 5.74) is -0.230. The summed E-state index contributed by atoms with van der Waals surface area (Å²) in [5.74, 6) is 0.442. The fraction of sp³-hybridized carbons (Fsp3) is 0.933. The van der Waals surface area contributed by atoms with Crippen molar-refractivity contribution in [2.75, 3.05) is 0 Å². The quantitative estimate of drug-likeness (QED) is 0.406. The molecule has 4 N–H and O–H groups in total. The standard InChI is InChI=1S/C30H52O4/c1-18(2)10-9-13-30(8,34)19-11-15-28(6)24(19)20(31)16-22-27(5)14-12-23(33)26(3,4)25(27)21(32)17-29(22,28)7/h10,19-25,31-34H,9,11-17H2,1-8H3/t19-,20+,21-,22+,23-,24-,25-,27+,28+,29+,30+/m0/s1. The Morgan fingerprint density at radius 2 is 1.59 bits per heavy atom. The lowest BCUT2D eigenvalue weighted by Gasteiger charge is -2.71. The van der Waals surface area contributed by atoms with Gasteiger partial charge in [-0.1, -0.05) is 46.3 Å². The van der Waals surface area contributed by atoms with Gasteiger partial charge in [0.25, 0.3) is 0 Å². The van der Waals surface area contributed by atoms with Crippen LogP contribution in [0.3, 0.4) is 0 Å². The van der Waals surface area contributed by atoms with Crippen LogP contribution in [0.25, 0.3) is 0 Å². The Kier molecular flexibility index (Phi) is 6.50. The van der Waals surface area contributed by atoms with Crippen molar-refractivity contribution in [1.29, 1.82) is 0 Å². The van der Waals surface area contributed by atoms with Gasteiger partial charge in [0.2, 0.25) is 0 Å². The molecule has 0 unspecified atom stereocenters. The van der Waals surface area contributed by atoms with Gasteiger partial charge in [-0.25, -0.2) is 0 Å². The zero-order valence-electron chi connectivity index (χ0n) is 23.1. The molecule has 196 valence electrons. The van der Waals surface area contributed by atoms with Gasteiger partial charge in [0.15, 0.2) is 0 Å². The van der Waals surface area contributed by atoms with E-state index in [0.717, 1.165) is 51.4 Å². The summed E-state index contributed by atoms with van der Waals surface area (Å²) in [7, 11) is 0. The molecule has 0 aromatic heterocycles. The van der Waals surface area contributed by atoms with Crippen molar-refractivity contribution in [3.05, 3.63) is 11.6 Å². The molecule has 0 heterocycles. The van der Waals surface area contributed by atoms with Gasteiger partial charge >= 0.3 is 0 Å². The zero-order valence-corrected chi connectivity index (χ0v) is 23.1. The topological polar surface area (TPSA) is 80.9 Å². The molecule has 4 heteroatoms. The number of hydrogen-bond acceptors (Lipinski definition) is 4. The maximum Gasteiger partial charge on any atom is 0.0654 e. The van der Waals surface area contributed by atoms with Crippen LogP contribution in [-0.2, 0) is 0 Å². The lowest BCUT2D eigenvalue weighted by molar-refractivity contribution is -0.274. The number of hydrogen-bond donors (Lipinski definition) is 4.